The SMILES string of the molecule is CCC(C)(C)NC(=O)c1cccc2c1NCCC2. The van der Waals surface area contributed by atoms with E-state index in [4.69, 9.17) is 0 Å². The predicted octanol–water partition coefficient (Wildman–Crippen LogP) is 2.96. The molecule has 0 saturated heterocycles. The maximum absolute atomic E-state index is 12.3. The third-order valence-corrected chi connectivity index (χ3v) is 3.66. The van der Waals surface area contributed by atoms with E-state index >= 15 is 0 Å². The van der Waals surface area contributed by atoms with Crippen molar-refractivity contribution < 1.29 is 4.79 Å². The quantitative estimate of drug-likeness (QED) is 0.861. The third-order valence-electron chi connectivity index (χ3n) is 3.66. The van der Waals surface area contributed by atoms with Crippen LogP contribution < -0.4 is 10.6 Å². The summed E-state index contributed by atoms with van der Waals surface area (Å²) in [5, 5.41) is 6.45. The number of carbonyl (C=O) groups is 1. The lowest BCUT2D eigenvalue weighted by Crippen LogP contribution is -2.43. The first-order chi connectivity index (χ1) is 8.53. The Balaban J connectivity index is 2.26. The van der Waals surface area contributed by atoms with Crippen LogP contribution in [-0.2, 0) is 6.42 Å². The largest absolute Gasteiger partial charge is 0.384 e. The fraction of sp³-hybridized carbons (Fsp3) is 0.533. The number of para-hydroxylation sites is 1. The molecule has 0 saturated carbocycles. The molecule has 0 fully saturated rings. The number of benzene rings is 1. The molecule has 1 amide bonds. The fourth-order valence-corrected chi connectivity index (χ4v) is 2.16. The van der Waals surface area contributed by atoms with Gasteiger partial charge >= 0.3 is 0 Å². The molecule has 3 nitrogen and oxygen atoms in total. The minimum Gasteiger partial charge on any atom is -0.384 e. The van der Waals surface area contributed by atoms with Crippen LogP contribution in [0.3, 0.4) is 0 Å². The fourth-order valence-electron chi connectivity index (χ4n) is 2.16. The summed E-state index contributed by atoms with van der Waals surface area (Å²) < 4.78 is 0. The maximum atomic E-state index is 12.3. The Kier molecular flexibility index (Phi) is 3.60. The van der Waals surface area contributed by atoms with Gasteiger partial charge in [0.15, 0.2) is 0 Å². The minimum atomic E-state index is -0.158. The van der Waals surface area contributed by atoms with Gasteiger partial charge in [-0.2, -0.15) is 0 Å². The molecule has 0 aromatic heterocycles. The Labute approximate surface area is 109 Å². The molecule has 1 aromatic rings. The third kappa shape index (κ3) is 2.66. The zero-order valence-electron chi connectivity index (χ0n) is 11.5. The molecule has 0 aliphatic carbocycles. The summed E-state index contributed by atoms with van der Waals surface area (Å²) in [6, 6.07) is 5.97. The van der Waals surface area contributed by atoms with Crippen LogP contribution in [-0.4, -0.2) is 18.0 Å². The number of aryl methyl sites for hydroxylation is 1. The number of amides is 1. The normalized spacial score (nSPS) is 14.6. The molecular weight excluding hydrogens is 224 g/mol. The first-order valence-electron chi connectivity index (χ1n) is 6.72. The van der Waals surface area contributed by atoms with Crippen LogP contribution in [0, 0.1) is 0 Å². The van der Waals surface area contributed by atoms with E-state index in [1.807, 2.05) is 26.0 Å². The average Bonchev–Trinajstić information content (AvgIpc) is 2.37. The van der Waals surface area contributed by atoms with E-state index in [0.29, 0.717) is 0 Å². The van der Waals surface area contributed by atoms with E-state index in [1.165, 1.54) is 5.56 Å². The van der Waals surface area contributed by atoms with Gasteiger partial charge in [0.05, 0.1) is 11.3 Å². The van der Waals surface area contributed by atoms with Crippen molar-refractivity contribution in [3.8, 4) is 0 Å². The number of nitrogens with one attached hydrogen (secondary N) is 2. The summed E-state index contributed by atoms with van der Waals surface area (Å²) in [5.74, 6) is 0.0214. The zero-order valence-corrected chi connectivity index (χ0v) is 11.5. The van der Waals surface area contributed by atoms with Crippen molar-refractivity contribution in [3.05, 3.63) is 29.3 Å². The number of fused-ring (bicyclic) bond motifs is 1. The highest BCUT2D eigenvalue weighted by Crippen LogP contribution is 2.26. The molecule has 98 valence electrons. The molecule has 0 bridgehead atoms. The van der Waals surface area contributed by atoms with Crippen LogP contribution in [0.5, 0.6) is 0 Å². The van der Waals surface area contributed by atoms with Crippen molar-refractivity contribution in [2.24, 2.45) is 0 Å². The Morgan fingerprint density at radius 1 is 1.44 bits per heavy atom. The molecule has 1 aliphatic heterocycles. The summed E-state index contributed by atoms with van der Waals surface area (Å²) in [6.45, 7) is 7.13. The lowest BCUT2D eigenvalue weighted by molar-refractivity contribution is 0.0912. The minimum absolute atomic E-state index is 0.0214. The van der Waals surface area contributed by atoms with E-state index in [-0.39, 0.29) is 11.4 Å². The molecule has 2 N–H and O–H groups in total. The number of carbonyl (C=O) groups excluding carboxylic acids is 1. The molecular formula is C15H22N2O. The van der Waals surface area contributed by atoms with Gasteiger partial charge in [-0.1, -0.05) is 19.1 Å². The topological polar surface area (TPSA) is 41.1 Å². The highest BCUT2D eigenvalue weighted by Gasteiger charge is 2.22. The van der Waals surface area contributed by atoms with Crippen molar-refractivity contribution in [2.45, 2.75) is 45.6 Å². The van der Waals surface area contributed by atoms with Crippen LogP contribution in [0.15, 0.2) is 18.2 Å². The van der Waals surface area contributed by atoms with E-state index in [1.54, 1.807) is 0 Å². The molecule has 2 rings (SSSR count). The van der Waals surface area contributed by atoms with Crippen molar-refractivity contribution in [1.82, 2.24) is 5.32 Å². The monoisotopic (exact) mass is 246 g/mol. The van der Waals surface area contributed by atoms with Crippen LogP contribution in [0.2, 0.25) is 0 Å². The van der Waals surface area contributed by atoms with Crippen molar-refractivity contribution in [3.63, 3.8) is 0 Å². The second-order valence-corrected chi connectivity index (χ2v) is 5.56. The lowest BCUT2D eigenvalue weighted by Gasteiger charge is -2.26. The summed E-state index contributed by atoms with van der Waals surface area (Å²) in [6.07, 6.45) is 3.11. The number of rotatable bonds is 3. The Bertz CT molecular complexity index is 452. The molecule has 1 aromatic carbocycles. The summed E-state index contributed by atoms with van der Waals surface area (Å²) in [7, 11) is 0. The first kappa shape index (κ1) is 12.9. The predicted molar refractivity (Wildman–Crippen MR) is 75.1 cm³/mol. The van der Waals surface area contributed by atoms with Gasteiger partial charge in [-0.15, -0.1) is 0 Å². The number of anilines is 1. The van der Waals surface area contributed by atoms with Crippen LogP contribution in [0.4, 0.5) is 5.69 Å². The van der Waals surface area contributed by atoms with Gasteiger partial charge in [0.25, 0.3) is 5.91 Å². The van der Waals surface area contributed by atoms with Gasteiger partial charge in [-0.05, 0) is 44.7 Å². The van der Waals surface area contributed by atoms with Crippen molar-refractivity contribution in [2.75, 3.05) is 11.9 Å². The number of hydrogen-bond donors (Lipinski definition) is 2. The molecule has 0 unspecified atom stereocenters. The van der Waals surface area contributed by atoms with Crippen LogP contribution in [0.25, 0.3) is 0 Å². The van der Waals surface area contributed by atoms with Crippen LogP contribution >= 0.6 is 0 Å². The summed E-state index contributed by atoms with van der Waals surface area (Å²) in [4.78, 5) is 12.3. The molecule has 0 spiro atoms. The molecule has 3 heteroatoms. The maximum Gasteiger partial charge on any atom is 0.253 e. The molecule has 1 aliphatic rings. The van der Waals surface area contributed by atoms with E-state index in [9.17, 15) is 4.79 Å². The van der Waals surface area contributed by atoms with E-state index in [0.717, 1.165) is 37.1 Å². The van der Waals surface area contributed by atoms with Gasteiger partial charge in [-0.3, -0.25) is 4.79 Å². The van der Waals surface area contributed by atoms with Crippen LogP contribution in [0.1, 0.15) is 49.5 Å². The van der Waals surface area contributed by atoms with Gasteiger partial charge in [0, 0.05) is 12.1 Å². The van der Waals surface area contributed by atoms with Gasteiger partial charge in [0.1, 0.15) is 0 Å². The lowest BCUT2D eigenvalue weighted by atomic mass is 9.97. The second-order valence-electron chi connectivity index (χ2n) is 5.56. The second kappa shape index (κ2) is 5.01. The van der Waals surface area contributed by atoms with E-state index in [2.05, 4.69) is 23.6 Å². The van der Waals surface area contributed by atoms with Gasteiger partial charge < -0.3 is 10.6 Å². The standard InChI is InChI=1S/C15H22N2O/c1-4-15(2,3)17-14(18)12-9-5-7-11-8-6-10-16-13(11)12/h5,7,9,16H,4,6,8,10H2,1-3H3,(H,17,18). The smallest absolute Gasteiger partial charge is 0.253 e. The number of hydrogen-bond acceptors (Lipinski definition) is 2. The molecule has 1 heterocycles. The molecule has 0 atom stereocenters. The summed E-state index contributed by atoms with van der Waals surface area (Å²) >= 11 is 0. The van der Waals surface area contributed by atoms with Gasteiger partial charge in [0.2, 0.25) is 0 Å². The highest BCUT2D eigenvalue weighted by atomic mass is 16.1. The van der Waals surface area contributed by atoms with E-state index < -0.39 is 0 Å². The van der Waals surface area contributed by atoms with Gasteiger partial charge in [-0.25, -0.2) is 0 Å². The Morgan fingerprint density at radius 3 is 2.94 bits per heavy atom. The summed E-state index contributed by atoms with van der Waals surface area (Å²) in [5.41, 5.74) is 2.89. The average molecular weight is 246 g/mol. The first-order valence-corrected chi connectivity index (χ1v) is 6.72. The Morgan fingerprint density at radius 2 is 2.22 bits per heavy atom. The van der Waals surface area contributed by atoms with Crippen molar-refractivity contribution >= 4 is 11.6 Å². The highest BCUT2D eigenvalue weighted by molar-refractivity contribution is 6.00. The zero-order chi connectivity index (χ0) is 13.2. The van der Waals surface area contributed by atoms with Crippen molar-refractivity contribution in [1.29, 1.82) is 0 Å². The Hall–Kier alpha value is -1.51. The molecule has 18 heavy (non-hydrogen) atoms. The molecule has 0 radical (unpaired) electrons.